The van der Waals surface area contributed by atoms with Crippen LogP contribution in [0.2, 0.25) is 0 Å². The van der Waals surface area contributed by atoms with E-state index in [9.17, 15) is 45.1 Å². The number of benzene rings is 8. The van der Waals surface area contributed by atoms with Crippen molar-refractivity contribution in [2.24, 2.45) is 0 Å². The van der Waals surface area contributed by atoms with Gasteiger partial charge < -0.3 is 37.8 Å². The average molecular weight is 1290 g/mol. The minimum Gasteiger partial charge on any atom is -0.744 e. The smallest absolute Gasteiger partial charge is 0.744 e. The van der Waals surface area contributed by atoms with E-state index in [2.05, 4.69) is 31.7 Å². The molecule has 0 fully saturated rings. The minimum absolute atomic E-state index is 0. The summed E-state index contributed by atoms with van der Waals surface area (Å²) in [6.45, 7) is 12.1. The summed E-state index contributed by atoms with van der Waals surface area (Å²) in [5.41, 5.74) is 5.57. The summed E-state index contributed by atoms with van der Waals surface area (Å²) in [6.07, 6.45) is -1.47. The van der Waals surface area contributed by atoms with E-state index in [0.29, 0.717) is 67.9 Å². The van der Waals surface area contributed by atoms with E-state index in [0.717, 1.165) is 23.3 Å². The number of carbonyl (C=O) groups excluding carboxylic acids is 4. The Labute approximate surface area is 559 Å². The molecule has 1 aliphatic carbocycles. The number of halogens is 1. The third kappa shape index (κ3) is 20.2. The van der Waals surface area contributed by atoms with Gasteiger partial charge in [-0.05, 0) is 138 Å². The molecule has 0 saturated heterocycles. The molecule has 0 unspecified atom stereocenters. The number of hydrogen-bond acceptors (Lipinski definition) is 18. The first-order valence-electron chi connectivity index (χ1n) is 25.9. The van der Waals surface area contributed by atoms with E-state index in [-0.39, 0.29) is 111 Å². The standard InChI is InChI=1S/C51H43N4O11S2.C7H5ClO2.C3H6O.2Na.O3S/c1-28-23-30(3)48(54-50(56)64-35-15-9-7-10-16-35)32(5)46(28)52-34-21-22-37-41(25-34)66-42-27-40(44(68(61,62)63)26-39(42)45(37)38-19-13-14-20-43(38)67(58,59)60)53-47-29(2)24-31(4)49(33(47)6)55-51(57)65-36-17-11-8-12-18-36;8-7(9)10-6-4-2-1-3-5-6;1-3(2)4;;;1-4(2)3/h7-20,22-27,52H,1-6H3,(H,54,56)(H,55,57)(H,58,59,60)(H,61,62,63);1-5H;1-2H3;;;/q-1;;;2*+1;/p-1/i;;1D;;;. The maximum Gasteiger partial charge on any atom is 1.00 e. The van der Waals surface area contributed by atoms with Crippen LogP contribution in [-0.4, -0.2) is 62.0 Å². The van der Waals surface area contributed by atoms with Crippen molar-refractivity contribution >= 4 is 105 Å². The van der Waals surface area contributed by atoms with Gasteiger partial charge in [0.2, 0.25) is 11.0 Å². The van der Waals surface area contributed by atoms with Crippen molar-refractivity contribution in [3.63, 3.8) is 0 Å². The number of ether oxygens (including phenoxy) is 3. The van der Waals surface area contributed by atoms with Gasteiger partial charge in [-0.25, -0.2) is 36.2 Å². The molecule has 2 aliphatic rings. The zero-order valence-corrected chi connectivity index (χ0v) is 55.9. The number of carbonyl (C=O) groups is 4. The summed E-state index contributed by atoms with van der Waals surface area (Å²) in [4.78, 5) is 47.6. The Morgan fingerprint density at radius 3 is 1.52 bits per heavy atom. The van der Waals surface area contributed by atoms with E-state index in [1.165, 1.54) is 37.3 Å². The van der Waals surface area contributed by atoms with Crippen LogP contribution in [0.1, 0.15) is 48.6 Å². The second kappa shape index (κ2) is 32.6. The molecule has 1 aliphatic heterocycles. The molecule has 0 saturated carbocycles. The van der Waals surface area contributed by atoms with Crippen molar-refractivity contribution in [3.8, 4) is 39.7 Å². The molecule has 9 rings (SSSR count). The predicted octanol–water partition coefficient (Wildman–Crippen LogP) is 4.97. The molecule has 7 aromatic rings. The number of fused-ring (bicyclic) bond motifs is 2. The maximum absolute atomic E-state index is 13.2. The fourth-order valence-corrected chi connectivity index (χ4v) is 10.3. The van der Waals surface area contributed by atoms with Crippen LogP contribution in [0.3, 0.4) is 0 Å². The van der Waals surface area contributed by atoms with Crippen molar-refractivity contribution < 1.29 is 142 Å². The number of hydrogen-bond donors (Lipinski definition) is 4. The van der Waals surface area contributed by atoms with Gasteiger partial charge in [0.05, 0.1) is 22.3 Å². The Morgan fingerprint density at radius 1 is 0.602 bits per heavy atom. The number of Topliss-reactive ketones (excluding diaryl/α,β-unsaturated/α-hetero) is 1. The first-order valence-corrected chi connectivity index (χ1v) is 29.4. The van der Waals surface area contributed by atoms with Crippen molar-refractivity contribution in [2.75, 3.05) is 16.0 Å². The largest absolute Gasteiger partial charge is 1.00 e. The van der Waals surface area contributed by atoms with Crippen LogP contribution >= 0.6 is 11.6 Å². The molecule has 88 heavy (non-hydrogen) atoms. The summed E-state index contributed by atoms with van der Waals surface area (Å²) >= 11 is 4.95. The molecule has 0 spiro atoms. The van der Waals surface area contributed by atoms with Gasteiger partial charge in [0, 0.05) is 40.9 Å². The average Bonchev–Trinajstić information content (AvgIpc) is 0.860. The van der Waals surface area contributed by atoms with Gasteiger partial charge >= 0.3 is 87.3 Å². The molecule has 0 radical (unpaired) electrons. The number of para-hydroxylation sites is 3. The second-order valence-corrected chi connectivity index (χ2v) is 22.0. The Morgan fingerprint density at radius 2 is 1.05 bits per heavy atom. The molecule has 0 bridgehead atoms. The summed E-state index contributed by atoms with van der Waals surface area (Å²) in [7, 11) is -13.5. The molecule has 7 aromatic carbocycles. The molecule has 1 heterocycles. The Kier molecular flexibility index (Phi) is 26.4. The zero-order chi connectivity index (χ0) is 63.9. The van der Waals surface area contributed by atoms with Gasteiger partial charge in [-0.1, -0.05) is 95.5 Å². The third-order valence-corrected chi connectivity index (χ3v) is 14.1. The van der Waals surface area contributed by atoms with Crippen molar-refractivity contribution in [1.29, 1.82) is 0 Å². The molecule has 446 valence electrons. The Bertz CT molecular complexity index is 4470. The normalized spacial score (nSPS) is 11.0. The Hall–Kier alpha value is -7.56. The fourth-order valence-electron chi connectivity index (χ4n) is 8.85. The molecular formula is C61H53ClN4Na2O17S3. The van der Waals surface area contributed by atoms with Gasteiger partial charge in [-0.15, -0.1) is 18.7 Å². The van der Waals surface area contributed by atoms with Crippen molar-refractivity contribution in [1.82, 2.24) is 0 Å². The predicted molar refractivity (Wildman–Crippen MR) is 318 cm³/mol. The van der Waals surface area contributed by atoms with E-state index < -0.39 is 58.3 Å². The molecule has 0 atom stereocenters. The molecule has 4 N–H and O–H groups in total. The molecule has 21 nitrogen and oxygen atoms in total. The van der Waals surface area contributed by atoms with Crippen LogP contribution in [0.15, 0.2) is 166 Å². The minimum atomic E-state index is -5.29. The molecule has 2 amide bonds. The van der Waals surface area contributed by atoms with Crippen molar-refractivity contribution in [2.45, 2.75) is 65.2 Å². The molecule has 27 heteroatoms. The fraction of sp³-hybridized carbons (Fsp3) is 0.131. The van der Waals surface area contributed by atoms with Crippen LogP contribution < -0.4 is 99.6 Å². The zero-order valence-electron chi connectivity index (χ0n) is 49.7. The first-order chi connectivity index (χ1) is 41.0. The topological polar surface area (TPSA) is 325 Å². The third-order valence-electron chi connectivity index (χ3n) is 12.2. The van der Waals surface area contributed by atoms with Crippen molar-refractivity contribution in [3.05, 3.63) is 196 Å². The van der Waals surface area contributed by atoms with E-state index >= 15 is 0 Å². The summed E-state index contributed by atoms with van der Waals surface area (Å²) in [6, 6.07) is 43.4. The monoisotopic (exact) mass is 1290 g/mol. The van der Waals surface area contributed by atoms with E-state index in [4.69, 9.17) is 39.5 Å². The number of anilines is 4. The molecule has 0 aromatic heterocycles. The number of ketones is 1. The van der Waals surface area contributed by atoms with E-state index in [1.54, 1.807) is 118 Å². The maximum atomic E-state index is 13.2. The summed E-state index contributed by atoms with van der Waals surface area (Å²) in [5, 5.41) is 8.99. The number of rotatable bonds is 11. The van der Waals surface area contributed by atoms with Crippen LogP contribution in [0.4, 0.5) is 42.8 Å². The van der Waals surface area contributed by atoms with Gasteiger partial charge in [0.15, 0.2) is 0 Å². The quantitative estimate of drug-likeness (QED) is 0.0437. The SMILES string of the molecule is Cc1cc(C)c(Nc2[c-]cc3c(-c4ccccc4S(=O)(=O)[O-])c4cc(S(=O)(=O)[O-])c(=[NH+]c5c(C)cc(C)c(NC(=O)Oc6ccccc6)c5C)cc-4oc3c2)c(C)c1NC(=O)Oc1ccccc1.O=C(Cl)Oc1ccccc1.O=S(=O)=O.[2H]CC(C)=O.[Na+].[Na+]. The van der Waals surface area contributed by atoms with Gasteiger partial charge in [-0.3, -0.25) is 10.6 Å². The summed E-state index contributed by atoms with van der Waals surface area (Å²) in [5.74, 6) is 1.05. The van der Waals surface area contributed by atoms with Crippen LogP contribution in [0.25, 0.3) is 33.4 Å². The number of nitrogens with one attached hydrogen (secondary N) is 4. The van der Waals surface area contributed by atoms with Crippen LogP contribution in [-0.2, 0) is 35.6 Å². The van der Waals surface area contributed by atoms with E-state index in [1.807, 2.05) is 32.9 Å². The second-order valence-electron chi connectivity index (χ2n) is 18.6. The molecular weight excluding hydrogens is 1240 g/mol. The Balaban J connectivity index is 0.000000696. The van der Waals surface area contributed by atoms with Crippen LogP contribution in [0.5, 0.6) is 17.2 Å². The first kappa shape index (κ1) is 71.2. The number of aryl methyl sites for hydroxylation is 4. The number of amides is 2. The van der Waals surface area contributed by atoms with Gasteiger partial charge in [0.25, 0.3) is 0 Å². The summed E-state index contributed by atoms with van der Waals surface area (Å²) < 4.78 is 132. The van der Waals surface area contributed by atoms with Crippen LogP contribution in [0, 0.1) is 47.6 Å². The van der Waals surface area contributed by atoms with Gasteiger partial charge in [0.1, 0.15) is 53.9 Å². The van der Waals surface area contributed by atoms with Gasteiger partial charge in [-0.2, -0.15) is 12.1 Å².